The molecule has 0 aliphatic heterocycles. The number of aryl methyl sites for hydroxylation is 1. The Balaban J connectivity index is 1.85. The van der Waals surface area contributed by atoms with Gasteiger partial charge in [0.05, 0.1) is 24.0 Å². The van der Waals surface area contributed by atoms with Crippen LogP contribution in [-0.4, -0.2) is 17.1 Å². The van der Waals surface area contributed by atoms with Crippen LogP contribution >= 0.6 is 0 Å². The van der Waals surface area contributed by atoms with Gasteiger partial charge in [-0.15, -0.1) is 0 Å². The summed E-state index contributed by atoms with van der Waals surface area (Å²) in [7, 11) is 1.62. The largest absolute Gasteiger partial charge is 0.495 e. The van der Waals surface area contributed by atoms with E-state index in [-0.39, 0.29) is 0 Å². The van der Waals surface area contributed by atoms with Gasteiger partial charge >= 0.3 is 0 Å². The molecule has 0 aliphatic rings. The van der Waals surface area contributed by atoms with Crippen molar-refractivity contribution >= 4 is 23.1 Å². The molecule has 0 saturated heterocycles. The zero-order chi connectivity index (χ0) is 17.6. The number of nitriles is 1. The number of benzene rings is 2. The minimum atomic E-state index is 0.434. The predicted molar refractivity (Wildman–Crippen MR) is 97.5 cm³/mol. The van der Waals surface area contributed by atoms with Gasteiger partial charge in [0.15, 0.2) is 0 Å². The number of nitrogens with one attached hydrogen (secondary N) is 2. The highest BCUT2D eigenvalue weighted by Gasteiger charge is 2.07. The van der Waals surface area contributed by atoms with Crippen LogP contribution in [-0.2, 0) is 0 Å². The van der Waals surface area contributed by atoms with Crippen LogP contribution in [0.5, 0.6) is 5.75 Å². The molecule has 124 valence electrons. The number of rotatable bonds is 5. The van der Waals surface area contributed by atoms with Crippen molar-refractivity contribution in [3.63, 3.8) is 0 Å². The molecule has 0 unspecified atom stereocenters. The van der Waals surface area contributed by atoms with Gasteiger partial charge in [-0.05, 0) is 42.8 Å². The maximum Gasteiger partial charge on any atom is 0.229 e. The summed E-state index contributed by atoms with van der Waals surface area (Å²) in [4.78, 5) is 8.69. The first kappa shape index (κ1) is 16.3. The van der Waals surface area contributed by atoms with Gasteiger partial charge in [-0.1, -0.05) is 18.2 Å². The Morgan fingerprint density at radius 3 is 2.68 bits per heavy atom. The fourth-order valence-corrected chi connectivity index (χ4v) is 2.36. The first-order valence-corrected chi connectivity index (χ1v) is 7.70. The van der Waals surface area contributed by atoms with Crippen molar-refractivity contribution in [1.82, 2.24) is 9.97 Å². The fourth-order valence-electron chi connectivity index (χ4n) is 2.36. The molecule has 0 radical (unpaired) electrons. The van der Waals surface area contributed by atoms with Crippen LogP contribution in [0.15, 0.2) is 54.7 Å². The van der Waals surface area contributed by atoms with Crippen LogP contribution in [0.1, 0.15) is 11.1 Å². The van der Waals surface area contributed by atoms with Gasteiger partial charge in [-0.25, -0.2) is 4.98 Å². The van der Waals surface area contributed by atoms with E-state index in [9.17, 15) is 5.26 Å². The molecule has 6 nitrogen and oxygen atoms in total. The van der Waals surface area contributed by atoms with Crippen molar-refractivity contribution in [2.45, 2.75) is 6.92 Å². The highest BCUT2D eigenvalue weighted by Crippen LogP contribution is 2.28. The summed E-state index contributed by atoms with van der Waals surface area (Å²) in [5.41, 5.74) is 3.14. The summed E-state index contributed by atoms with van der Waals surface area (Å²) in [6.07, 6.45) is 1.65. The summed E-state index contributed by atoms with van der Waals surface area (Å²) in [5, 5.41) is 15.5. The van der Waals surface area contributed by atoms with Crippen molar-refractivity contribution in [2.75, 3.05) is 17.7 Å². The normalized spacial score (nSPS) is 9.96. The molecule has 1 heterocycles. The summed E-state index contributed by atoms with van der Waals surface area (Å²) in [5.74, 6) is 1.73. The molecular formula is C19H17N5O. The number of hydrogen-bond acceptors (Lipinski definition) is 6. The molecule has 0 aliphatic carbocycles. The van der Waals surface area contributed by atoms with Gasteiger partial charge in [-0.3, -0.25) is 0 Å². The molecule has 0 bridgehead atoms. The first-order valence-electron chi connectivity index (χ1n) is 7.70. The highest BCUT2D eigenvalue weighted by atomic mass is 16.5. The Morgan fingerprint density at radius 2 is 1.88 bits per heavy atom. The number of methoxy groups -OCH3 is 1. The Bertz CT molecular complexity index is 933. The topological polar surface area (TPSA) is 82.9 Å². The number of anilines is 4. The molecule has 1 aromatic heterocycles. The summed E-state index contributed by atoms with van der Waals surface area (Å²) < 4.78 is 5.36. The Labute approximate surface area is 146 Å². The van der Waals surface area contributed by atoms with Crippen LogP contribution in [0.2, 0.25) is 0 Å². The van der Waals surface area contributed by atoms with E-state index in [1.165, 1.54) is 0 Å². The van der Waals surface area contributed by atoms with Crippen molar-refractivity contribution in [3.8, 4) is 11.8 Å². The molecule has 6 heteroatoms. The molecule has 3 rings (SSSR count). The quantitative estimate of drug-likeness (QED) is 0.730. The van der Waals surface area contributed by atoms with Crippen LogP contribution in [0.4, 0.5) is 23.1 Å². The zero-order valence-electron chi connectivity index (χ0n) is 13.9. The minimum absolute atomic E-state index is 0.434. The molecule has 2 N–H and O–H groups in total. The summed E-state index contributed by atoms with van der Waals surface area (Å²) in [6.45, 7) is 2.00. The molecule has 3 aromatic rings. The average Bonchev–Trinajstić information content (AvgIpc) is 2.63. The van der Waals surface area contributed by atoms with Crippen molar-refractivity contribution in [3.05, 3.63) is 65.9 Å². The molecule has 2 aromatic carbocycles. The van der Waals surface area contributed by atoms with E-state index in [2.05, 4.69) is 26.7 Å². The second-order valence-corrected chi connectivity index (χ2v) is 5.38. The van der Waals surface area contributed by atoms with Crippen LogP contribution < -0.4 is 15.4 Å². The number of aromatic nitrogens is 2. The third-order valence-electron chi connectivity index (χ3n) is 3.57. The molecule has 0 atom stereocenters. The SMILES string of the molecule is COc1ccc(C)cc1Nc1nccc(Nc2ccccc2C#N)n1. The molecule has 0 saturated carbocycles. The van der Waals surface area contributed by atoms with E-state index >= 15 is 0 Å². The number of nitrogens with zero attached hydrogens (tertiary/aromatic N) is 3. The smallest absolute Gasteiger partial charge is 0.229 e. The van der Waals surface area contributed by atoms with E-state index in [0.717, 1.165) is 11.3 Å². The van der Waals surface area contributed by atoms with Gasteiger partial charge in [-0.2, -0.15) is 10.2 Å². The van der Waals surface area contributed by atoms with Gasteiger partial charge in [0.2, 0.25) is 5.95 Å². The molecule has 0 amide bonds. The van der Waals surface area contributed by atoms with Crippen molar-refractivity contribution < 1.29 is 4.74 Å². The first-order chi connectivity index (χ1) is 12.2. The summed E-state index contributed by atoms with van der Waals surface area (Å²) in [6, 6.07) is 17.0. The molecule has 0 spiro atoms. The average molecular weight is 331 g/mol. The summed E-state index contributed by atoms with van der Waals surface area (Å²) >= 11 is 0. The Hall–Kier alpha value is -3.59. The second kappa shape index (κ2) is 7.32. The lowest BCUT2D eigenvalue weighted by Gasteiger charge is -2.12. The van der Waals surface area contributed by atoms with E-state index in [0.29, 0.717) is 28.8 Å². The van der Waals surface area contributed by atoms with E-state index in [1.807, 2.05) is 43.3 Å². The second-order valence-electron chi connectivity index (χ2n) is 5.38. The fraction of sp³-hybridized carbons (Fsp3) is 0.105. The molecular weight excluding hydrogens is 314 g/mol. The van der Waals surface area contributed by atoms with E-state index in [4.69, 9.17) is 4.74 Å². The molecule has 0 fully saturated rings. The predicted octanol–water partition coefficient (Wildman–Crippen LogP) is 4.15. The Kier molecular flexibility index (Phi) is 4.77. The Morgan fingerprint density at radius 1 is 1.04 bits per heavy atom. The molecule has 25 heavy (non-hydrogen) atoms. The number of ether oxygens (including phenoxy) is 1. The van der Waals surface area contributed by atoms with Crippen molar-refractivity contribution in [2.24, 2.45) is 0 Å². The maximum absolute atomic E-state index is 9.18. The monoisotopic (exact) mass is 331 g/mol. The van der Waals surface area contributed by atoms with Gasteiger partial charge in [0, 0.05) is 6.20 Å². The lowest BCUT2D eigenvalue weighted by Crippen LogP contribution is -2.02. The van der Waals surface area contributed by atoms with Crippen LogP contribution in [0.3, 0.4) is 0 Å². The lowest BCUT2D eigenvalue weighted by atomic mass is 10.2. The van der Waals surface area contributed by atoms with Crippen LogP contribution in [0.25, 0.3) is 0 Å². The highest BCUT2D eigenvalue weighted by molar-refractivity contribution is 5.67. The van der Waals surface area contributed by atoms with Gasteiger partial charge in [0.25, 0.3) is 0 Å². The number of para-hydroxylation sites is 1. The zero-order valence-corrected chi connectivity index (χ0v) is 13.9. The van der Waals surface area contributed by atoms with Crippen LogP contribution in [0, 0.1) is 18.3 Å². The minimum Gasteiger partial charge on any atom is -0.495 e. The third kappa shape index (κ3) is 3.85. The number of hydrogen-bond donors (Lipinski definition) is 2. The third-order valence-corrected chi connectivity index (χ3v) is 3.57. The van der Waals surface area contributed by atoms with Gasteiger partial charge < -0.3 is 15.4 Å². The van der Waals surface area contributed by atoms with Crippen molar-refractivity contribution in [1.29, 1.82) is 5.26 Å². The van der Waals surface area contributed by atoms with E-state index < -0.39 is 0 Å². The maximum atomic E-state index is 9.18. The lowest BCUT2D eigenvalue weighted by molar-refractivity contribution is 0.416. The standard InChI is InChI=1S/C19H17N5O/c1-13-7-8-17(25-2)16(11-13)23-19-21-10-9-18(24-19)22-15-6-4-3-5-14(15)12-20/h3-11H,1-2H3,(H2,21,22,23,24). The van der Waals surface area contributed by atoms with E-state index in [1.54, 1.807) is 25.4 Å². The van der Waals surface area contributed by atoms with Gasteiger partial charge in [0.1, 0.15) is 17.6 Å².